The van der Waals surface area contributed by atoms with Gasteiger partial charge in [-0.1, -0.05) is 42.5 Å². The monoisotopic (exact) mass is 355 g/mol. The number of nitrogens with one attached hydrogen (secondary N) is 1. The highest BCUT2D eigenvalue weighted by molar-refractivity contribution is 6.32. The van der Waals surface area contributed by atoms with Gasteiger partial charge in [-0.15, -0.1) is 0 Å². The zero-order valence-corrected chi connectivity index (χ0v) is 14.0. The Morgan fingerprint density at radius 2 is 2.08 bits per heavy atom. The van der Waals surface area contributed by atoms with E-state index in [4.69, 9.17) is 16.3 Å². The molecule has 4 nitrogen and oxygen atoms in total. The normalized spacial score (nSPS) is 10.3. The summed E-state index contributed by atoms with van der Waals surface area (Å²) in [6.45, 7) is 3.93. The van der Waals surface area contributed by atoms with Gasteiger partial charge in [-0.2, -0.15) is 0 Å². The Balaban J connectivity index is 1.85. The van der Waals surface area contributed by atoms with Crippen LogP contribution in [0.1, 0.15) is 11.1 Å². The molecule has 0 radical (unpaired) electrons. The number of para-hydroxylation sites is 1. The molecule has 0 unspecified atom stereocenters. The molecule has 126 valence electrons. The standard InChI is InChI=1S/C19H15ClFN3O/c1-2-14-10-22-12-23-19(14)24-17-8-4-7-16(20)18(17)25-11-13-5-3-6-15(21)9-13/h2-10,12H,1,11H2,(H,22,23,24). The number of halogens is 2. The van der Waals surface area contributed by atoms with Gasteiger partial charge < -0.3 is 10.1 Å². The van der Waals surface area contributed by atoms with Crippen molar-refractivity contribution in [3.8, 4) is 5.75 Å². The van der Waals surface area contributed by atoms with E-state index >= 15 is 0 Å². The molecule has 0 spiro atoms. The van der Waals surface area contributed by atoms with Crippen LogP contribution in [0, 0.1) is 5.82 Å². The fraction of sp³-hybridized carbons (Fsp3) is 0.0526. The highest BCUT2D eigenvalue weighted by Gasteiger charge is 2.11. The molecule has 0 aliphatic carbocycles. The third kappa shape index (κ3) is 4.14. The Morgan fingerprint density at radius 1 is 1.24 bits per heavy atom. The van der Waals surface area contributed by atoms with E-state index in [1.807, 2.05) is 6.07 Å². The van der Waals surface area contributed by atoms with Crippen LogP contribution in [-0.2, 0) is 6.61 Å². The first-order valence-electron chi connectivity index (χ1n) is 7.52. The number of anilines is 2. The van der Waals surface area contributed by atoms with Gasteiger partial charge in [0, 0.05) is 11.8 Å². The van der Waals surface area contributed by atoms with E-state index in [0.717, 1.165) is 5.56 Å². The van der Waals surface area contributed by atoms with E-state index in [2.05, 4.69) is 21.9 Å². The first-order valence-corrected chi connectivity index (χ1v) is 7.90. The summed E-state index contributed by atoms with van der Waals surface area (Å²) < 4.78 is 19.1. The van der Waals surface area contributed by atoms with E-state index in [9.17, 15) is 4.39 Å². The summed E-state index contributed by atoms with van der Waals surface area (Å²) >= 11 is 6.27. The maximum Gasteiger partial charge on any atom is 0.161 e. The lowest BCUT2D eigenvalue weighted by atomic mass is 10.2. The van der Waals surface area contributed by atoms with Gasteiger partial charge in [0.1, 0.15) is 24.6 Å². The summed E-state index contributed by atoms with van der Waals surface area (Å²) in [4.78, 5) is 8.17. The van der Waals surface area contributed by atoms with E-state index in [0.29, 0.717) is 27.8 Å². The molecule has 0 saturated carbocycles. The van der Waals surface area contributed by atoms with Crippen LogP contribution >= 0.6 is 11.6 Å². The fourth-order valence-electron chi connectivity index (χ4n) is 2.26. The van der Waals surface area contributed by atoms with Crippen LogP contribution in [0.2, 0.25) is 5.02 Å². The highest BCUT2D eigenvalue weighted by atomic mass is 35.5. The van der Waals surface area contributed by atoms with Crippen molar-refractivity contribution in [1.82, 2.24) is 9.97 Å². The summed E-state index contributed by atoms with van der Waals surface area (Å²) in [5.74, 6) is 0.736. The van der Waals surface area contributed by atoms with Crippen LogP contribution in [0.15, 0.2) is 61.6 Å². The average Bonchev–Trinajstić information content (AvgIpc) is 2.62. The predicted molar refractivity (Wildman–Crippen MR) is 97.6 cm³/mol. The number of benzene rings is 2. The lowest BCUT2D eigenvalue weighted by Crippen LogP contribution is -2.02. The SMILES string of the molecule is C=Cc1cncnc1Nc1cccc(Cl)c1OCc1cccc(F)c1. The first kappa shape index (κ1) is 16.9. The second kappa shape index (κ2) is 7.77. The Morgan fingerprint density at radius 3 is 2.88 bits per heavy atom. The summed E-state index contributed by atoms with van der Waals surface area (Å²) in [6, 6.07) is 11.6. The third-order valence-corrected chi connectivity index (χ3v) is 3.75. The molecule has 0 fully saturated rings. The minimum atomic E-state index is -0.310. The molecule has 1 heterocycles. The van der Waals surface area contributed by atoms with Crippen LogP contribution in [0.4, 0.5) is 15.9 Å². The molecule has 6 heteroatoms. The molecule has 0 aliphatic rings. The van der Waals surface area contributed by atoms with Crippen molar-refractivity contribution in [1.29, 1.82) is 0 Å². The highest BCUT2D eigenvalue weighted by Crippen LogP contribution is 2.35. The van der Waals surface area contributed by atoms with Gasteiger partial charge in [-0.05, 0) is 29.8 Å². The van der Waals surface area contributed by atoms with E-state index in [-0.39, 0.29) is 12.4 Å². The molecular weight excluding hydrogens is 341 g/mol. The van der Waals surface area contributed by atoms with Gasteiger partial charge in [-0.25, -0.2) is 14.4 Å². The number of ether oxygens (including phenoxy) is 1. The van der Waals surface area contributed by atoms with Crippen LogP contribution in [0.3, 0.4) is 0 Å². The molecule has 0 aliphatic heterocycles. The number of aromatic nitrogens is 2. The largest absolute Gasteiger partial charge is 0.485 e. The molecular formula is C19H15ClFN3O. The molecule has 3 rings (SSSR count). The third-order valence-electron chi connectivity index (χ3n) is 3.45. The quantitative estimate of drug-likeness (QED) is 0.657. The Labute approximate surface area is 150 Å². The van der Waals surface area contributed by atoms with Crippen LogP contribution in [0.25, 0.3) is 6.08 Å². The summed E-state index contributed by atoms with van der Waals surface area (Å²) in [5.41, 5.74) is 2.10. The second-order valence-corrected chi connectivity index (χ2v) is 5.60. The molecule has 2 aromatic carbocycles. The van der Waals surface area contributed by atoms with Gasteiger partial charge in [0.05, 0.1) is 10.7 Å². The molecule has 0 amide bonds. The van der Waals surface area contributed by atoms with Crippen molar-refractivity contribution in [2.75, 3.05) is 5.32 Å². The molecule has 3 aromatic rings. The van der Waals surface area contributed by atoms with Gasteiger partial charge in [0.15, 0.2) is 5.75 Å². The minimum Gasteiger partial charge on any atom is -0.485 e. The van der Waals surface area contributed by atoms with E-state index < -0.39 is 0 Å². The summed E-state index contributed by atoms with van der Waals surface area (Å²) in [6.07, 6.45) is 4.74. The topological polar surface area (TPSA) is 47.0 Å². The fourth-order valence-corrected chi connectivity index (χ4v) is 2.49. The molecule has 1 aromatic heterocycles. The van der Waals surface area contributed by atoms with Gasteiger partial charge in [-0.3, -0.25) is 0 Å². The summed E-state index contributed by atoms with van der Waals surface area (Å²) in [7, 11) is 0. The van der Waals surface area contributed by atoms with Crippen molar-refractivity contribution in [2.45, 2.75) is 6.61 Å². The minimum absolute atomic E-state index is 0.189. The smallest absolute Gasteiger partial charge is 0.161 e. The van der Waals surface area contributed by atoms with Crippen molar-refractivity contribution in [3.63, 3.8) is 0 Å². The van der Waals surface area contributed by atoms with Gasteiger partial charge >= 0.3 is 0 Å². The molecule has 1 N–H and O–H groups in total. The Hall–Kier alpha value is -2.92. The zero-order valence-electron chi connectivity index (χ0n) is 13.2. The second-order valence-electron chi connectivity index (χ2n) is 5.19. The summed E-state index contributed by atoms with van der Waals surface area (Å²) in [5, 5.41) is 3.62. The van der Waals surface area contributed by atoms with Crippen molar-refractivity contribution >= 4 is 29.2 Å². The Kier molecular flexibility index (Phi) is 5.26. The van der Waals surface area contributed by atoms with Gasteiger partial charge in [0.2, 0.25) is 0 Å². The van der Waals surface area contributed by atoms with Gasteiger partial charge in [0.25, 0.3) is 0 Å². The maximum atomic E-state index is 13.3. The molecule has 0 saturated heterocycles. The molecule has 0 atom stereocenters. The zero-order chi connectivity index (χ0) is 17.6. The van der Waals surface area contributed by atoms with Crippen LogP contribution in [-0.4, -0.2) is 9.97 Å². The van der Waals surface area contributed by atoms with E-state index in [1.165, 1.54) is 18.5 Å². The number of hydrogen-bond donors (Lipinski definition) is 1. The molecule has 25 heavy (non-hydrogen) atoms. The predicted octanol–water partition coefficient (Wildman–Crippen LogP) is 5.23. The lowest BCUT2D eigenvalue weighted by Gasteiger charge is -2.15. The van der Waals surface area contributed by atoms with E-state index in [1.54, 1.807) is 36.5 Å². The van der Waals surface area contributed by atoms with Crippen molar-refractivity contribution in [3.05, 3.63) is 83.5 Å². The van der Waals surface area contributed by atoms with Crippen molar-refractivity contribution < 1.29 is 9.13 Å². The van der Waals surface area contributed by atoms with Crippen LogP contribution < -0.4 is 10.1 Å². The Bertz CT molecular complexity index is 901. The van der Waals surface area contributed by atoms with Crippen molar-refractivity contribution in [2.24, 2.45) is 0 Å². The number of nitrogens with zero attached hydrogens (tertiary/aromatic N) is 2. The lowest BCUT2D eigenvalue weighted by molar-refractivity contribution is 0.307. The first-order chi connectivity index (χ1) is 12.2. The maximum absolute atomic E-state index is 13.3. The number of hydrogen-bond acceptors (Lipinski definition) is 4. The molecule has 0 bridgehead atoms. The van der Waals surface area contributed by atoms with Crippen LogP contribution in [0.5, 0.6) is 5.75 Å². The number of rotatable bonds is 6. The average molecular weight is 356 g/mol.